The highest BCUT2D eigenvalue weighted by Gasteiger charge is 2.10. The zero-order valence-corrected chi connectivity index (χ0v) is 12.1. The summed E-state index contributed by atoms with van der Waals surface area (Å²) in [7, 11) is 3.35. The van der Waals surface area contributed by atoms with Crippen molar-refractivity contribution in [2.75, 3.05) is 27.2 Å². The van der Waals surface area contributed by atoms with Crippen LogP contribution in [0.5, 0.6) is 5.75 Å². The van der Waals surface area contributed by atoms with Gasteiger partial charge in [0.2, 0.25) is 0 Å². The number of rotatable bonds is 6. The number of pyridine rings is 1. The fourth-order valence-corrected chi connectivity index (χ4v) is 1.65. The molecule has 20 heavy (non-hydrogen) atoms. The zero-order valence-electron chi connectivity index (χ0n) is 12.1. The summed E-state index contributed by atoms with van der Waals surface area (Å²) < 4.78 is 0. The minimum absolute atomic E-state index is 0.0985. The molecule has 0 fully saturated rings. The number of amides is 2. The maximum atomic E-state index is 11.3. The number of carbonyl (C=O) groups excluding carboxylic acids is 1. The maximum Gasteiger partial charge on any atom is 0.316 e. The Morgan fingerprint density at radius 3 is 2.70 bits per heavy atom. The summed E-state index contributed by atoms with van der Waals surface area (Å²) in [5, 5.41) is 25.0. The fourth-order valence-electron chi connectivity index (χ4n) is 1.65. The van der Waals surface area contributed by atoms with E-state index in [4.69, 9.17) is 0 Å². The Hall–Kier alpha value is -1.86. The summed E-state index contributed by atoms with van der Waals surface area (Å²) in [6, 6.07) is -0.148. The van der Waals surface area contributed by atoms with Crippen LogP contribution >= 0.6 is 0 Å². The standard InChI is InChI=1S/C13H22N4O3/c1-9-12(19)11(10(8-18)6-16-9)7-14-4-5-15-13(20)17(2)3/h6,14,18-19H,4-5,7-8H2,1-3H3,(H,15,20). The number of aromatic hydroxyl groups is 1. The van der Waals surface area contributed by atoms with E-state index in [0.717, 1.165) is 0 Å². The van der Waals surface area contributed by atoms with E-state index in [-0.39, 0.29) is 18.4 Å². The molecular formula is C13H22N4O3. The Morgan fingerprint density at radius 1 is 1.40 bits per heavy atom. The number of carbonyl (C=O) groups is 1. The van der Waals surface area contributed by atoms with Gasteiger partial charge in [-0.15, -0.1) is 0 Å². The first kappa shape index (κ1) is 16.2. The van der Waals surface area contributed by atoms with E-state index >= 15 is 0 Å². The number of aromatic nitrogens is 1. The van der Waals surface area contributed by atoms with Crippen LogP contribution in [0.15, 0.2) is 6.20 Å². The summed E-state index contributed by atoms with van der Waals surface area (Å²) in [5.41, 5.74) is 1.76. The van der Waals surface area contributed by atoms with Gasteiger partial charge in [0.1, 0.15) is 5.75 Å². The van der Waals surface area contributed by atoms with Crippen molar-refractivity contribution in [3.63, 3.8) is 0 Å². The van der Waals surface area contributed by atoms with Crippen molar-refractivity contribution in [3.05, 3.63) is 23.0 Å². The molecule has 2 amide bonds. The van der Waals surface area contributed by atoms with Crippen LogP contribution < -0.4 is 10.6 Å². The third kappa shape index (κ3) is 4.36. The molecule has 0 aromatic carbocycles. The Kier molecular flexibility index (Phi) is 6.20. The minimum Gasteiger partial charge on any atom is -0.506 e. The lowest BCUT2D eigenvalue weighted by molar-refractivity contribution is 0.217. The van der Waals surface area contributed by atoms with E-state index in [1.807, 2.05) is 0 Å². The van der Waals surface area contributed by atoms with E-state index in [1.54, 1.807) is 27.2 Å². The molecule has 0 atom stereocenters. The number of aliphatic hydroxyl groups is 1. The van der Waals surface area contributed by atoms with Gasteiger partial charge in [0.25, 0.3) is 0 Å². The van der Waals surface area contributed by atoms with Gasteiger partial charge >= 0.3 is 6.03 Å². The average molecular weight is 282 g/mol. The molecule has 1 aromatic heterocycles. The number of nitrogens with one attached hydrogen (secondary N) is 2. The highest BCUT2D eigenvalue weighted by molar-refractivity contribution is 5.73. The summed E-state index contributed by atoms with van der Waals surface area (Å²) >= 11 is 0. The summed E-state index contributed by atoms with van der Waals surface area (Å²) in [5.74, 6) is 0.0985. The summed E-state index contributed by atoms with van der Waals surface area (Å²) in [6.07, 6.45) is 1.56. The Morgan fingerprint density at radius 2 is 2.10 bits per heavy atom. The third-order valence-electron chi connectivity index (χ3n) is 2.89. The Balaban J connectivity index is 2.46. The van der Waals surface area contributed by atoms with Gasteiger partial charge < -0.3 is 25.7 Å². The SMILES string of the molecule is Cc1ncc(CO)c(CNCCNC(=O)N(C)C)c1O. The monoisotopic (exact) mass is 282 g/mol. The molecule has 0 saturated heterocycles. The minimum atomic E-state index is -0.171. The quantitative estimate of drug-likeness (QED) is 0.548. The second-order valence-corrected chi connectivity index (χ2v) is 4.66. The van der Waals surface area contributed by atoms with Crippen molar-refractivity contribution >= 4 is 6.03 Å². The molecule has 0 aliphatic rings. The van der Waals surface area contributed by atoms with Crippen molar-refractivity contribution in [3.8, 4) is 5.75 Å². The lowest BCUT2D eigenvalue weighted by atomic mass is 10.1. The van der Waals surface area contributed by atoms with Crippen LogP contribution in [0.4, 0.5) is 4.79 Å². The molecule has 0 aliphatic heterocycles. The predicted octanol–water partition coefficient (Wildman–Crippen LogP) is -0.0513. The van der Waals surface area contributed by atoms with Gasteiger partial charge in [-0.25, -0.2) is 4.79 Å². The number of urea groups is 1. The van der Waals surface area contributed by atoms with E-state index in [2.05, 4.69) is 15.6 Å². The molecule has 7 nitrogen and oxygen atoms in total. The molecule has 1 aromatic rings. The molecule has 1 rings (SSSR count). The predicted molar refractivity (Wildman–Crippen MR) is 75.4 cm³/mol. The molecule has 0 aliphatic carbocycles. The number of aliphatic hydroxyl groups excluding tert-OH is 1. The van der Waals surface area contributed by atoms with Crippen LogP contribution in [0.3, 0.4) is 0 Å². The second kappa shape index (κ2) is 7.66. The first-order chi connectivity index (χ1) is 9.47. The van der Waals surface area contributed by atoms with Crippen LogP contribution in [0.25, 0.3) is 0 Å². The molecule has 112 valence electrons. The van der Waals surface area contributed by atoms with Gasteiger partial charge in [0.05, 0.1) is 12.3 Å². The summed E-state index contributed by atoms with van der Waals surface area (Å²) in [4.78, 5) is 16.7. The molecule has 4 N–H and O–H groups in total. The molecule has 1 heterocycles. The molecule has 0 radical (unpaired) electrons. The van der Waals surface area contributed by atoms with Crippen molar-refractivity contribution in [1.82, 2.24) is 20.5 Å². The third-order valence-corrected chi connectivity index (χ3v) is 2.89. The van der Waals surface area contributed by atoms with Crippen LogP contribution in [0.1, 0.15) is 16.8 Å². The van der Waals surface area contributed by atoms with E-state index in [1.165, 1.54) is 4.90 Å². The first-order valence-corrected chi connectivity index (χ1v) is 6.40. The van der Waals surface area contributed by atoms with Gasteiger partial charge in [-0.05, 0) is 6.92 Å². The molecular weight excluding hydrogens is 260 g/mol. The molecule has 7 heteroatoms. The lowest BCUT2D eigenvalue weighted by Gasteiger charge is -2.14. The highest BCUT2D eigenvalue weighted by atomic mass is 16.3. The van der Waals surface area contributed by atoms with Crippen molar-refractivity contribution < 1.29 is 15.0 Å². The van der Waals surface area contributed by atoms with Gasteiger partial charge in [-0.2, -0.15) is 0 Å². The number of aryl methyl sites for hydroxylation is 1. The van der Waals surface area contributed by atoms with Gasteiger partial charge in [-0.1, -0.05) is 0 Å². The zero-order chi connectivity index (χ0) is 15.1. The molecule has 0 unspecified atom stereocenters. The molecule has 0 spiro atoms. The van der Waals surface area contributed by atoms with Crippen LogP contribution in [0, 0.1) is 6.92 Å². The largest absolute Gasteiger partial charge is 0.506 e. The first-order valence-electron chi connectivity index (χ1n) is 6.40. The van der Waals surface area contributed by atoms with E-state index < -0.39 is 0 Å². The Bertz CT molecular complexity index is 463. The van der Waals surface area contributed by atoms with Crippen LogP contribution in [-0.4, -0.2) is 53.3 Å². The van der Waals surface area contributed by atoms with Gasteiger partial charge in [0, 0.05) is 51.1 Å². The van der Waals surface area contributed by atoms with Crippen molar-refractivity contribution in [2.24, 2.45) is 0 Å². The Labute approximate surface area is 118 Å². The van der Waals surface area contributed by atoms with Crippen molar-refractivity contribution in [2.45, 2.75) is 20.1 Å². The number of nitrogens with zero attached hydrogens (tertiary/aromatic N) is 2. The average Bonchev–Trinajstić information content (AvgIpc) is 2.42. The van der Waals surface area contributed by atoms with E-state index in [0.29, 0.717) is 36.5 Å². The van der Waals surface area contributed by atoms with Crippen LogP contribution in [-0.2, 0) is 13.2 Å². The fraction of sp³-hybridized carbons (Fsp3) is 0.538. The highest BCUT2D eigenvalue weighted by Crippen LogP contribution is 2.23. The molecule has 0 bridgehead atoms. The van der Waals surface area contributed by atoms with Gasteiger partial charge in [-0.3, -0.25) is 4.98 Å². The lowest BCUT2D eigenvalue weighted by Crippen LogP contribution is -2.38. The topological polar surface area (TPSA) is 97.7 Å². The number of hydrogen-bond acceptors (Lipinski definition) is 5. The maximum absolute atomic E-state index is 11.3. The number of hydrogen-bond donors (Lipinski definition) is 4. The van der Waals surface area contributed by atoms with Gasteiger partial charge in [0.15, 0.2) is 0 Å². The normalized spacial score (nSPS) is 10.4. The summed E-state index contributed by atoms with van der Waals surface area (Å²) in [6.45, 7) is 2.98. The van der Waals surface area contributed by atoms with Crippen LogP contribution in [0.2, 0.25) is 0 Å². The second-order valence-electron chi connectivity index (χ2n) is 4.66. The smallest absolute Gasteiger partial charge is 0.316 e. The van der Waals surface area contributed by atoms with E-state index in [9.17, 15) is 15.0 Å². The van der Waals surface area contributed by atoms with Crippen molar-refractivity contribution in [1.29, 1.82) is 0 Å². The molecule has 0 saturated carbocycles.